The third kappa shape index (κ3) is 2.73. The Balaban J connectivity index is 2.10. The average molecular weight is 268 g/mol. The Morgan fingerprint density at radius 2 is 2.26 bits per heavy atom. The molecule has 1 heterocycles. The second kappa shape index (κ2) is 4.96. The smallest absolute Gasteiger partial charge is 0.319 e. The van der Waals surface area contributed by atoms with Crippen LogP contribution in [0.15, 0.2) is 6.20 Å². The van der Waals surface area contributed by atoms with E-state index in [4.69, 9.17) is 0 Å². The van der Waals surface area contributed by atoms with Crippen LogP contribution >= 0.6 is 0 Å². The molecule has 0 aliphatic heterocycles. The molecule has 2 N–H and O–H groups in total. The molecule has 1 saturated carbocycles. The summed E-state index contributed by atoms with van der Waals surface area (Å²) >= 11 is 0. The van der Waals surface area contributed by atoms with Gasteiger partial charge in [-0.05, 0) is 12.8 Å². The van der Waals surface area contributed by atoms with Gasteiger partial charge in [0.05, 0.1) is 10.5 Å². The number of H-pyrrole nitrogens is 1. The molecule has 8 heteroatoms. The van der Waals surface area contributed by atoms with Gasteiger partial charge in [-0.3, -0.25) is 20.0 Å². The van der Waals surface area contributed by atoms with Gasteiger partial charge in [0, 0.05) is 13.6 Å². The van der Waals surface area contributed by atoms with E-state index in [9.17, 15) is 20.0 Å². The fraction of sp³-hybridized carbons (Fsp3) is 0.636. The number of likely N-dealkylation sites (N-methyl/N-ethyl adjacent to an activating group) is 1. The Morgan fingerprint density at radius 3 is 2.84 bits per heavy atom. The maximum absolute atomic E-state index is 12.1. The van der Waals surface area contributed by atoms with Gasteiger partial charge in [0.15, 0.2) is 0 Å². The molecule has 104 valence electrons. The van der Waals surface area contributed by atoms with Gasteiger partial charge in [-0.1, -0.05) is 12.8 Å². The average Bonchev–Trinajstić information content (AvgIpc) is 2.96. The van der Waals surface area contributed by atoms with Gasteiger partial charge in [0.2, 0.25) is 5.69 Å². The number of amides is 1. The van der Waals surface area contributed by atoms with Crippen LogP contribution in [0.1, 0.15) is 36.2 Å². The topological polar surface area (TPSA) is 112 Å². The maximum Gasteiger partial charge on any atom is 0.319 e. The van der Waals surface area contributed by atoms with Crippen molar-refractivity contribution in [3.63, 3.8) is 0 Å². The summed E-state index contributed by atoms with van der Waals surface area (Å²) in [5.74, 6) is -0.537. The van der Waals surface area contributed by atoms with Crippen LogP contribution in [0.2, 0.25) is 0 Å². The summed E-state index contributed by atoms with van der Waals surface area (Å²) in [6, 6.07) is 0. The fourth-order valence-corrected chi connectivity index (χ4v) is 2.47. The van der Waals surface area contributed by atoms with Crippen molar-refractivity contribution in [1.29, 1.82) is 0 Å². The largest absolute Gasteiger partial charge is 0.388 e. The summed E-state index contributed by atoms with van der Waals surface area (Å²) < 4.78 is 0. The third-order valence-corrected chi connectivity index (χ3v) is 3.44. The Hall–Kier alpha value is -1.96. The zero-order valence-corrected chi connectivity index (χ0v) is 10.6. The van der Waals surface area contributed by atoms with Gasteiger partial charge >= 0.3 is 5.69 Å². The fourth-order valence-electron chi connectivity index (χ4n) is 2.47. The van der Waals surface area contributed by atoms with Gasteiger partial charge in [-0.2, -0.15) is 5.10 Å². The second-order valence-electron chi connectivity index (χ2n) is 4.98. The normalized spacial score (nSPS) is 17.4. The van der Waals surface area contributed by atoms with E-state index >= 15 is 0 Å². The lowest BCUT2D eigenvalue weighted by Gasteiger charge is -2.28. The summed E-state index contributed by atoms with van der Waals surface area (Å²) in [5.41, 5.74) is -1.39. The van der Waals surface area contributed by atoms with Crippen molar-refractivity contribution < 1.29 is 14.8 Å². The van der Waals surface area contributed by atoms with Crippen molar-refractivity contribution in [2.45, 2.75) is 31.3 Å². The molecule has 1 fully saturated rings. The Bertz CT molecular complexity index is 493. The van der Waals surface area contributed by atoms with Crippen molar-refractivity contribution in [3.05, 3.63) is 22.0 Å². The van der Waals surface area contributed by atoms with E-state index < -0.39 is 16.4 Å². The molecule has 8 nitrogen and oxygen atoms in total. The molecular weight excluding hydrogens is 252 g/mol. The van der Waals surface area contributed by atoms with Crippen LogP contribution in [0, 0.1) is 10.1 Å². The molecule has 2 rings (SSSR count). The van der Waals surface area contributed by atoms with E-state index in [1.54, 1.807) is 0 Å². The Kier molecular flexibility index (Phi) is 3.52. The van der Waals surface area contributed by atoms with Gasteiger partial charge in [0.25, 0.3) is 5.91 Å². The molecule has 1 aliphatic carbocycles. The molecule has 0 aromatic carbocycles. The van der Waals surface area contributed by atoms with Crippen molar-refractivity contribution in [2.24, 2.45) is 0 Å². The highest BCUT2D eigenvalue weighted by Gasteiger charge is 2.35. The molecule has 1 amide bonds. The standard InChI is InChI=1S/C11H16N4O4/c1-14(7-11(17)4-2-3-5-11)10(16)9-8(15(18)19)6-12-13-9/h6,17H,2-5,7H2,1H3,(H,12,13). The van der Waals surface area contributed by atoms with Crippen molar-refractivity contribution in [2.75, 3.05) is 13.6 Å². The van der Waals surface area contributed by atoms with Crippen LogP contribution in [0.5, 0.6) is 0 Å². The second-order valence-corrected chi connectivity index (χ2v) is 4.98. The number of aromatic amines is 1. The predicted octanol–water partition coefficient (Wildman–Crippen LogP) is 0.695. The predicted molar refractivity (Wildman–Crippen MR) is 65.6 cm³/mol. The van der Waals surface area contributed by atoms with Crippen molar-refractivity contribution in [1.82, 2.24) is 15.1 Å². The van der Waals surface area contributed by atoms with E-state index in [0.29, 0.717) is 12.8 Å². The third-order valence-electron chi connectivity index (χ3n) is 3.44. The summed E-state index contributed by atoms with van der Waals surface area (Å²) in [4.78, 5) is 23.5. The lowest BCUT2D eigenvalue weighted by Crippen LogP contribution is -2.42. The van der Waals surface area contributed by atoms with Crippen LogP contribution in [0.4, 0.5) is 5.69 Å². The molecule has 1 aromatic heterocycles. The van der Waals surface area contributed by atoms with Crippen LogP contribution in [0.25, 0.3) is 0 Å². The first-order chi connectivity index (χ1) is 8.93. The van der Waals surface area contributed by atoms with Gasteiger partial charge in [-0.25, -0.2) is 0 Å². The zero-order valence-electron chi connectivity index (χ0n) is 10.6. The van der Waals surface area contributed by atoms with E-state index in [0.717, 1.165) is 19.0 Å². The lowest BCUT2D eigenvalue weighted by atomic mass is 10.0. The van der Waals surface area contributed by atoms with E-state index in [2.05, 4.69) is 10.2 Å². The molecule has 0 unspecified atom stereocenters. The lowest BCUT2D eigenvalue weighted by molar-refractivity contribution is -0.385. The number of carbonyl (C=O) groups excluding carboxylic acids is 1. The highest BCUT2D eigenvalue weighted by Crippen LogP contribution is 2.30. The first kappa shape index (κ1) is 13.5. The number of aromatic nitrogens is 2. The van der Waals surface area contributed by atoms with Crippen molar-refractivity contribution >= 4 is 11.6 Å². The molecule has 0 bridgehead atoms. The molecular formula is C11H16N4O4. The van der Waals surface area contributed by atoms with Gasteiger partial charge < -0.3 is 10.0 Å². The number of nitrogens with one attached hydrogen (secondary N) is 1. The molecule has 1 aliphatic rings. The van der Waals surface area contributed by atoms with E-state index in [1.807, 2.05) is 0 Å². The number of nitro groups is 1. The number of hydrogen-bond acceptors (Lipinski definition) is 5. The highest BCUT2D eigenvalue weighted by atomic mass is 16.6. The Labute approximate surface area is 109 Å². The maximum atomic E-state index is 12.1. The molecule has 1 aromatic rings. The number of rotatable bonds is 4. The quantitative estimate of drug-likeness (QED) is 0.616. The first-order valence-electron chi connectivity index (χ1n) is 6.08. The number of aliphatic hydroxyl groups is 1. The molecule has 0 atom stereocenters. The van der Waals surface area contributed by atoms with Crippen LogP contribution in [-0.4, -0.2) is 50.2 Å². The molecule has 0 radical (unpaired) electrons. The first-order valence-corrected chi connectivity index (χ1v) is 6.08. The van der Waals surface area contributed by atoms with Crippen LogP contribution < -0.4 is 0 Å². The summed E-state index contributed by atoms with van der Waals surface area (Å²) in [5, 5.41) is 26.8. The van der Waals surface area contributed by atoms with Crippen molar-refractivity contribution in [3.8, 4) is 0 Å². The van der Waals surface area contributed by atoms with Gasteiger partial charge in [0.1, 0.15) is 6.20 Å². The van der Waals surface area contributed by atoms with Gasteiger partial charge in [-0.15, -0.1) is 0 Å². The minimum absolute atomic E-state index is 0.158. The SMILES string of the molecule is CN(CC1(O)CCCC1)C(=O)c1[nH]ncc1[N+](=O)[O-]. The monoisotopic (exact) mass is 268 g/mol. The number of carbonyl (C=O) groups is 1. The van der Waals surface area contributed by atoms with E-state index in [1.165, 1.54) is 11.9 Å². The Morgan fingerprint density at radius 1 is 1.63 bits per heavy atom. The highest BCUT2D eigenvalue weighted by molar-refractivity contribution is 5.95. The summed E-state index contributed by atoms with van der Waals surface area (Å²) in [6.07, 6.45) is 4.17. The van der Waals surface area contributed by atoms with Crippen LogP contribution in [0.3, 0.4) is 0 Å². The molecule has 0 saturated heterocycles. The molecule has 19 heavy (non-hydrogen) atoms. The minimum atomic E-state index is -0.876. The minimum Gasteiger partial charge on any atom is -0.388 e. The summed E-state index contributed by atoms with van der Waals surface area (Å²) in [6.45, 7) is 0.169. The number of nitrogens with zero attached hydrogens (tertiary/aromatic N) is 3. The summed E-state index contributed by atoms with van der Waals surface area (Å²) in [7, 11) is 1.52. The number of hydrogen-bond donors (Lipinski definition) is 2. The van der Waals surface area contributed by atoms with Crippen LogP contribution in [-0.2, 0) is 0 Å². The van der Waals surface area contributed by atoms with E-state index in [-0.39, 0.29) is 17.9 Å². The zero-order chi connectivity index (χ0) is 14.0. The molecule has 0 spiro atoms.